The van der Waals surface area contributed by atoms with E-state index in [-0.39, 0.29) is 46.1 Å². The van der Waals surface area contributed by atoms with E-state index in [1.54, 1.807) is 0 Å². The molecule has 0 amide bonds. The number of rotatable bonds is 8. The van der Waals surface area contributed by atoms with Crippen LogP contribution in [0.4, 0.5) is 0 Å². The van der Waals surface area contributed by atoms with Gasteiger partial charge in [0.1, 0.15) is 0 Å². The third-order valence-corrected chi connectivity index (χ3v) is 3.80. The molecule has 4 N–H and O–H groups in total. The van der Waals surface area contributed by atoms with Crippen molar-refractivity contribution in [3.8, 4) is 0 Å². The van der Waals surface area contributed by atoms with Crippen molar-refractivity contribution in [3.05, 3.63) is 21.3 Å². The summed E-state index contributed by atoms with van der Waals surface area (Å²) in [5.74, 6) is 4.13. The number of amidine groups is 4. The maximum atomic E-state index is 4.32. The molecule has 0 aromatic heterocycles. The number of nitrogens with one attached hydrogen (secondary N) is 4. The molecule has 42 heavy (non-hydrogen) atoms. The SMILES string of the molecule is CC([N-]C(C)C)=[NH+]C(C)C.CC([N-]C(C)C)=[NH+]C(C)C.CC([N-]C(C)C)=[NH+]C(C)C.CC([N-]C(C)C)=[NH+]C(C)C.[Mg+2].[Mg+2]. The Kier molecular flexibility index (Phi) is 42.8. The summed E-state index contributed by atoms with van der Waals surface area (Å²) < 4.78 is 0. The summed E-state index contributed by atoms with van der Waals surface area (Å²) in [4.78, 5) is 12.9. The average Bonchev–Trinajstić information content (AvgIpc) is 2.63. The molecule has 240 valence electrons. The first-order valence-corrected chi connectivity index (χ1v) is 15.3. The molecule has 0 saturated heterocycles. The molecule has 0 aromatic rings. The van der Waals surface area contributed by atoms with E-state index in [4.69, 9.17) is 0 Å². The van der Waals surface area contributed by atoms with Crippen molar-refractivity contribution in [2.45, 2.75) is 187 Å². The zero-order valence-corrected chi connectivity index (χ0v) is 34.7. The zero-order valence-electron chi connectivity index (χ0n) is 31.8. The summed E-state index contributed by atoms with van der Waals surface area (Å²) >= 11 is 0. The van der Waals surface area contributed by atoms with E-state index >= 15 is 0 Å². The molecule has 8 nitrogen and oxygen atoms in total. The first kappa shape index (κ1) is 53.9. The fraction of sp³-hybridized carbons (Fsp3) is 0.875. The van der Waals surface area contributed by atoms with Gasteiger partial charge in [-0.1, -0.05) is 0 Å². The van der Waals surface area contributed by atoms with Crippen LogP contribution in [0.25, 0.3) is 21.3 Å². The smallest absolute Gasteiger partial charge is 0.372 e. The minimum atomic E-state index is 0. The Labute approximate surface area is 295 Å². The Bertz CT molecular complexity index is 589. The van der Waals surface area contributed by atoms with Crippen LogP contribution in [-0.2, 0) is 0 Å². The van der Waals surface area contributed by atoms with Crippen LogP contribution in [0.3, 0.4) is 0 Å². The van der Waals surface area contributed by atoms with Gasteiger partial charge < -0.3 is 20.0 Å². The van der Waals surface area contributed by atoms with E-state index in [9.17, 15) is 0 Å². The standard InChI is InChI=1S/4C8H17N2.2Mg/c4*1-6(2)9-8(5)10-7(3)4;;/h4*6-7H,1-5H3;;/q4*-1;2*+2/p+4. The molecule has 10 heteroatoms. The van der Waals surface area contributed by atoms with E-state index < -0.39 is 0 Å². The summed E-state index contributed by atoms with van der Waals surface area (Å²) in [5.41, 5.74) is 0. The largest absolute Gasteiger partial charge is 2.00 e. The molecule has 0 bridgehead atoms. The van der Waals surface area contributed by atoms with E-state index in [0.29, 0.717) is 48.3 Å². The van der Waals surface area contributed by atoms with E-state index in [1.165, 1.54) is 0 Å². The van der Waals surface area contributed by atoms with Gasteiger partial charge in [-0.15, -0.1) is 0 Å². The summed E-state index contributed by atoms with van der Waals surface area (Å²) in [6.45, 7) is 41.5. The second-order valence-corrected chi connectivity index (χ2v) is 12.4. The van der Waals surface area contributed by atoms with Gasteiger partial charge in [0, 0.05) is 48.3 Å². The monoisotopic (exact) mass is 617 g/mol. The van der Waals surface area contributed by atoms with E-state index in [1.807, 2.05) is 27.7 Å². The van der Waals surface area contributed by atoms with Gasteiger partial charge in [-0.25, -0.2) is 0 Å². The van der Waals surface area contributed by atoms with Gasteiger partial charge in [-0.2, -0.15) is 0 Å². The minimum absolute atomic E-state index is 0. The Hall–Kier alpha value is -0.588. The van der Waals surface area contributed by atoms with E-state index in [0.717, 1.165) is 23.3 Å². The van der Waals surface area contributed by atoms with Crippen molar-refractivity contribution < 1.29 is 20.0 Å². The fourth-order valence-electron chi connectivity index (χ4n) is 3.37. The maximum absolute atomic E-state index is 4.32. The van der Waals surface area contributed by atoms with Crippen molar-refractivity contribution in [2.24, 2.45) is 0 Å². The third kappa shape index (κ3) is 58.9. The summed E-state index contributed by atoms with van der Waals surface area (Å²) in [6.07, 6.45) is 0. The fourth-order valence-corrected chi connectivity index (χ4v) is 3.37. The van der Waals surface area contributed by atoms with Crippen LogP contribution >= 0.6 is 0 Å². The molecule has 0 fully saturated rings. The van der Waals surface area contributed by atoms with Crippen LogP contribution in [0.2, 0.25) is 0 Å². The summed E-state index contributed by atoms with van der Waals surface area (Å²) in [5, 5.41) is 17.3. The Morgan fingerprint density at radius 1 is 0.310 bits per heavy atom. The quantitative estimate of drug-likeness (QED) is 0.182. The second kappa shape index (κ2) is 33.3. The molecule has 0 aromatic carbocycles. The van der Waals surface area contributed by atoms with Gasteiger partial charge >= 0.3 is 46.1 Å². The average molecular weight is 618 g/mol. The first-order valence-electron chi connectivity index (χ1n) is 15.3. The normalized spacial score (nSPS) is 12.3. The number of nitrogens with zero attached hydrogens (tertiary/aromatic N) is 4. The molecule has 0 radical (unpaired) electrons. The van der Waals surface area contributed by atoms with Crippen LogP contribution < -0.4 is 20.0 Å². The number of hydrogen-bond donors (Lipinski definition) is 4. The van der Waals surface area contributed by atoms with Crippen LogP contribution in [-0.4, -0.2) is 118 Å². The van der Waals surface area contributed by atoms with Gasteiger partial charge in [0.05, 0.1) is 23.3 Å². The van der Waals surface area contributed by atoms with Gasteiger partial charge in [-0.3, -0.25) is 21.3 Å². The van der Waals surface area contributed by atoms with Crippen molar-refractivity contribution in [1.82, 2.24) is 0 Å². The molecule has 0 aliphatic heterocycles. The molecular weight excluding hydrogens is 545 g/mol. The van der Waals surface area contributed by atoms with Crippen molar-refractivity contribution in [3.63, 3.8) is 0 Å². The molecule has 0 rings (SSSR count). The van der Waals surface area contributed by atoms with E-state index in [2.05, 4.69) is 152 Å². The summed E-state index contributed by atoms with van der Waals surface area (Å²) in [7, 11) is 0. The predicted molar refractivity (Wildman–Crippen MR) is 193 cm³/mol. The van der Waals surface area contributed by atoms with Gasteiger partial charge in [-0.05, 0) is 138 Å². The summed E-state index contributed by atoms with van der Waals surface area (Å²) in [6, 6.07) is 3.53. The predicted octanol–water partition coefficient (Wildman–Crippen LogP) is 1.94. The van der Waals surface area contributed by atoms with Crippen molar-refractivity contribution in [2.75, 3.05) is 0 Å². The van der Waals surface area contributed by atoms with Crippen LogP contribution in [0.5, 0.6) is 0 Å². The van der Waals surface area contributed by atoms with Crippen LogP contribution in [0, 0.1) is 0 Å². The Morgan fingerprint density at radius 3 is 0.500 bits per heavy atom. The van der Waals surface area contributed by atoms with Crippen LogP contribution in [0.15, 0.2) is 0 Å². The third-order valence-electron chi connectivity index (χ3n) is 3.80. The zero-order chi connectivity index (χ0) is 32.6. The molecule has 0 aliphatic rings. The maximum Gasteiger partial charge on any atom is 2.00 e. The molecule has 0 spiro atoms. The topological polar surface area (TPSA) is 112 Å². The molecule has 0 unspecified atom stereocenters. The Morgan fingerprint density at radius 2 is 0.429 bits per heavy atom. The molecule has 0 atom stereocenters. The van der Waals surface area contributed by atoms with Crippen molar-refractivity contribution >= 4 is 69.4 Å². The molecular formula is C32H72Mg2N8+4. The van der Waals surface area contributed by atoms with Crippen molar-refractivity contribution in [1.29, 1.82) is 0 Å². The minimum Gasteiger partial charge on any atom is -0.372 e. The van der Waals surface area contributed by atoms with Gasteiger partial charge in [0.2, 0.25) is 0 Å². The van der Waals surface area contributed by atoms with Gasteiger partial charge in [0.15, 0.2) is 0 Å². The second-order valence-electron chi connectivity index (χ2n) is 12.4. The van der Waals surface area contributed by atoms with Gasteiger partial charge in [0.25, 0.3) is 0 Å². The van der Waals surface area contributed by atoms with Crippen LogP contribution in [0.1, 0.15) is 138 Å². The Balaban J connectivity index is -0.000000101. The first-order chi connectivity index (χ1) is 18.1. The molecule has 0 aliphatic carbocycles. The molecule has 0 saturated carbocycles. The molecule has 0 heterocycles. The number of hydrogen-bond acceptors (Lipinski definition) is 0.